The average Bonchev–Trinajstić information content (AvgIpc) is 3.21. The summed E-state index contributed by atoms with van der Waals surface area (Å²) in [5.74, 6) is 0.469. The molecule has 0 amide bonds. The molecule has 1 fully saturated rings. The number of fused-ring (bicyclic) bond motifs is 1. The highest BCUT2D eigenvalue weighted by Crippen LogP contribution is 2.34. The number of benzene rings is 1. The smallest absolute Gasteiger partial charge is 0.0726 e. The molecule has 2 nitrogen and oxygen atoms in total. The molecule has 1 aromatic carbocycles. The fourth-order valence-corrected chi connectivity index (χ4v) is 2.37. The van der Waals surface area contributed by atoms with Gasteiger partial charge in [-0.2, -0.15) is 0 Å². The number of alkyl halides is 1. The van der Waals surface area contributed by atoms with Gasteiger partial charge in [-0.15, -0.1) is 11.6 Å². The molecule has 3 rings (SSSR count). The quantitative estimate of drug-likeness (QED) is 0.770. The second kappa shape index (κ2) is 4.19. The number of halogens is 1. The maximum atomic E-state index is 5.92. The van der Waals surface area contributed by atoms with Crippen LogP contribution < -0.4 is 4.90 Å². The monoisotopic (exact) mass is 246 g/mol. The number of aromatic nitrogens is 1. The van der Waals surface area contributed by atoms with Gasteiger partial charge in [0.15, 0.2) is 0 Å². The topological polar surface area (TPSA) is 16.1 Å². The van der Waals surface area contributed by atoms with Gasteiger partial charge < -0.3 is 4.90 Å². The fraction of sp³-hybridized carbons (Fsp3) is 0.357. The first-order chi connectivity index (χ1) is 8.29. The second-order valence-corrected chi connectivity index (χ2v) is 4.89. The molecule has 0 bridgehead atoms. The molecule has 88 valence electrons. The maximum absolute atomic E-state index is 5.92. The Morgan fingerprint density at radius 1 is 1.35 bits per heavy atom. The van der Waals surface area contributed by atoms with Crippen molar-refractivity contribution in [3.8, 4) is 0 Å². The molecule has 1 heterocycles. The number of pyridine rings is 1. The predicted molar refractivity (Wildman–Crippen MR) is 72.7 cm³/mol. The number of hydrogen-bond acceptors (Lipinski definition) is 2. The summed E-state index contributed by atoms with van der Waals surface area (Å²) in [6.07, 6.45) is 2.59. The molecular formula is C14H15ClN2. The van der Waals surface area contributed by atoms with Crippen LogP contribution in [0.1, 0.15) is 18.5 Å². The molecular weight excluding hydrogens is 232 g/mol. The molecule has 0 unspecified atom stereocenters. The van der Waals surface area contributed by atoms with Gasteiger partial charge in [0.2, 0.25) is 0 Å². The highest BCUT2D eigenvalue weighted by molar-refractivity contribution is 6.17. The largest absolute Gasteiger partial charge is 0.371 e. The summed E-state index contributed by atoms with van der Waals surface area (Å²) < 4.78 is 0. The van der Waals surface area contributed by atoms with E-state index in [0.717, 1.165) is 11.2 Å². The predicted octanol–water partition coefficient (Wildman–Crippen LogP) is 3.57. The number of anilines is 1. The Balaban J connectivity index is 2.18. The van der Waals surface area contributed by atoms with Crippen LogP contribution in [0, 0.1) is 0 Å². The first-order valence-corrected chi connectivity index (χ1v) is 6.50. The Morgan fingerprint density at radius 2 is 2.12 bits per heavy atom. The molecule has 1 saturated carbocycles. The van der Waals surface area contributed by atoms with Gasteiger partial charge in [0.05, 0.1) is 17.1 Å². The zero-order chi connectivity index (χ0) is 11.8. The Bertz CT molecular complexity index is 549. The molecule has 0 spiro atoms. The van der Waals surface area contributed by atoms with Crippen molar-refractivity contribution < 1.29 is 0 Å². The lowest BCUT2D eigenvalue weighted by molar-refractivity contribution is 0.919. The fourth-order valence-electron chi connectivity index (χ4n) is 2.23. The Morgan fingerprint density at radius 3 is 2.82 bits per heavy atom. The molecule has 0 N–H and O–H groups in total. The highest BCUT2D eigenvalue weighted by Gasteiger charge is 2.27. The molecule has 0 aliphatic heterocycles. The minimum absolute atomic E-state index is 0.469. The van der Waals surface area contributed by atoms with E-state index in [9.17, 15) is 0 Å². The van der Waals surface area contributed by atoms with Crippen molar-refractivity contribution in [2.24, 2.45) is 0 Å². The Hall–Kier alpha value is -1.28. The lowest BCUT2D eigenvalue weighted by atomic mass is 10.1. The van der Waals surface area contributed by atoms with Gasteiger partial charge in [0.25, 0.3) is 0 Å². The van der Waals surface area contributed by atoms with Crippen molar-refractivity contribution >= 4 is 28.2 Å². The lowest BCUT2D eigenvalue weighted by Gasteiger charge is -2.21. The summed E-state index contributed by atoms with van der Waals surface area (Å²) >= 11 is 5.92. The van der Waals surface area contributed by atoms with E-state index >= 15 is 0 Å². The summed E-state index contributed by atoms with van der Waals surface area (Å²) in [4.78, 5) is 6.92. The van der Waals surface area contributed by atoms with E-state index in [4.69, 9.17) is 11.6 Å². The lowest BCUT2D eigenvalue weighted by Crippen LogP contribution is -2.20. The van der Waals surface area contributed by atoms with Crippen LogP contribution in [-0.2, 0) is 5.88 Å². The Kier molecular flexibility index (Phi) is 2.67. The maximum Gasteiger partial charge on any atom is 0.0726 e. The van der Waals surface area contributed by atoms with Gasteiger partial charge >= 0.3 is 0 Å². The molecule has 2 aromatic rings. The molecule has 1 aliphatic rings. The molecule has 0 saturated heterocycles. The highest BCUT2D eigenvalue weighted by atomic mass is 35.5. The zero-order valence-electron chi connectivity index (χ0n) is 9.86. The van der Waals surface area contributed by atoms with E-state index in [0.29, 0.717) is 11.9 Å². The van der Waals surface area contributed by atoms with Crippen molar-refractivity contribution in [3.05, 3.63) is 36.0 Å². The van der Waals surface area contributed by atoms with E-state index in [-0.39, 0.29) is 0 Å². The number of rotatable bonds is 3. The molecule has 1 aliphatic carbocycles. The van der Waals surface area contributed by atoms with Crippen LogP contribution in [0.25, 0.3) is 10.9 Å². The minimum Gasteiger partial charge on any atom is -0.371 e. The van der Waals surface area contributed by atoms with Crippen molar-refractivity contribution in [1.29, 1.82) is 0 Å². The van der Waals surface area contributed by atoms with Crippen molar-refractivity contribution in [2.75, 3.05) is 11.9 Å². The Labute approximate surface area is 106 Å². The van der Waals surface area contributed by atoms with Crippen LogP contribution in [0.4, 0.5) is 5.69 Å². The summed E-state index contributed by atoms with van der Waals surface area (Å²) in [6, 6.07) is 11.1. The third-order valence-electron chi connectivity index (χ3n) is 3.36. The van der Waals surface area contributed by atoms with Crippen LogP contribution in [0.15, 0.2) is 30.3 Å². The number of nitrogens with zero attached hydrogens (tertiary/aromatic N) is 2. The number of para-hydroxylation sites is 1. The van der Waals surface area contributed by atoms with Crippen LogP contribution in [-0.4, -0.2) is 18.1 Å². The second-order valence-electron chi connectivity index (χ2n) is 4.63. The van der Waals surface area contributed by atoms with E-state index in [2.05, 4.69) is 41.2 Å². The molecule has 0 radical (unpaired) electrons. The summed E-state index contributed by atoms with van der Waals surface area (Å²) in [5.41, 5.74) is 3.25. The van der Waals surface area contributed by atoms with E-state index in [1.165, 1.54) is 23.9 Å². The van der Waals surface area contributed by atoms with Crippen LogP contribution in [0.2, 0.25) is 0 Å². The third-order valence-corrected chi connectivity index (χ3v) is 3.63. The van der Waals surface area contributed by atoms with Crippen LogP contribution >= 0.6 is 11.6 Å². The zero-order valence-corrected chi connectivity index (χ0v) is 10.6. The van der Waals surface area contributed by atoms with Gasteiger partial charge in [-0.1, -0.05) is 18.2 Å². The average molecular weight is 247 g/mol. The first-order valence-electron chi connectivity index (χ1n) is 5.97. The van der Waals surface area contributed by atoms with Crippen LogP contribution in [0.3, 0.4) is 0 Å². The van der Waals surface area contributed by atoms with Gasteiger partial charge in [0, 0.05) is 24.2 Å². The van der Waals surface area contributed by atoms with Gasteiger partial charge in [-0.05, 0) is 25.0 Å². The van der Waals surface area contributed by atoms with Crippen molar-refractivity contribution in [3.63, 3.8) is 0 Å². The summed E-state index contributed by atoms with van der Waals surface area (Å²) in [7, 11) is 2.16. The molecule has 1 aromatic heterocycles. The summed E-state index contributed by atoms with van der Waals surface area (Å²) in [6.45, 7) is 0. The van der Waals surface area contributed by atoms with E-state index < -0.39 is 0 Å². The normalized spacial score (nSPS) is 15.2. The minimum atomic E-state index is 0.469. The standard InChI is InChI=1S/C14H15ClN2/c1-17(11-6-7-11)14-8-10(9-15)16-13-5-3-2-4-12(13)14/h2-5,8,11H,6-7,9H2,1H3. The van der Waals surface area contributed by atoms with Crippen LogP contribution in [0.5, 0.6) is 0 Å². The van der Waals surface area contributed by atoms with E-state index in [1.54, 1.807) is 0 Å². The van der Waals surface area contributed by atoms with Crippen molar-refractivity contribution in [2.45, 2.75) is 24.8 Å². The van der Waals surface area contributed by atoms with Gasteiger partial charge in [0.1, 0.15) is 0 Å². The SMILES string of the molecule is CN(c1cc(CCl)nc2ccccc12)C1CC1. The molecule has 0 atom stereocenters. The van der Waals surface area contributed by atoms with Gasteiger partial charge in [-0.3, -0.25) is 4.98 Å². The molecule has 17 heavy (non-hydrogen) atoms. The van der Waals surface area contributed by atoms with E-state index in [1.807, 2.05) is 6.07 Å². The number of hydrogen-bond donors (Lipinski definition) is 0. The third kappa shape index (κ3) is 1.98. The first kappa shape index (κ1) is 10.8. The van der Waals surface area contributed by atoms with Crippen molar-refractivity contribution in [1.82, 2.24) is 4.98 Å². The summed E-state index contributed by atoms with van der Waals surface area (Å²) in [5, 5.41) is 1.22. The van der Waals surface area contributed by atoms with Gasteiger partial charge in [-0.25, -0.2) is 0 Å². The molecule has 3 heteroatoms.